The van der Waals surface area contributed by atoms with E-state index in [-0.39, 0.29) is 12.3 Å². The van der Waals surface area contributed by atoms with Crippen molar-refractivity contribution in [2.24, 2.45) is 7.05 Å². The van der Waals surface area contributed by atoms with Crippen LogP contribution in [0.1, 0.15) is 10.4 Å². The first-order valence-electron chi connectivity index (χ1n) is 7.25. The standard InChI is InChI=1S/C18H16ClN3O/c1-21-16(13-7-9-15(19)10-8-13)11-22(18(21)20)12-17(23)14-5-3-2-4-6-14/h2-11,20H,12H2,1H3/p+1. The molecule has 0 atom stereocenters. The van der Waals surface area contributed by atoms with Crippen LogP contribution >= 0.6 is 11.6 Å². The number of hydrogen-bond donors (Lipinski definition) is 1. The van der Waals surface area contributed by atoms with E-state index in [1.807, 2.05) is 72.4 Å². The van der Waals surface area contributed by atoms with E-state index in [4.69, 9.17) is 17.3 Å². The summed E-state index contributed by atoms with van der Waals surface area (Å²) in [6.45, 7) is 0.206. The molecule has 116 valence electrons. The van der Waals surface area contributed by atoms with Crippen molar-refractivity contribution in [2.45, 2.75) is 6.54 Å². The van der Waals surface area contributed by atoms with E-state index in [2.05, 4.69) is 0 Å². The van der Waals surface area contributed by atoms with Gasteiger partial charge < -0.3 is 0 Å². The van der Waals surface area contributed by atoms with Gasteiger partial charge in [-0.25, -0.2) is 9.13 Å². The summed E-state index contributed by atoms with van der Waals surface area (Å²) >= 11 is 5.93. The molecule has 0 spiro atoms. The molecule has 1 heterocycles. The SMILES string of the molecule is Cn1c(-c2ccc(Cl)cc2)c[n+](CC(=O)c2ccccc2)c1N. The zero-order valence-electron chi connectivity index (χ0n) is 12.7. The average Bonchev–Trinajstić information content (AvgIpc) is 2.85. The second kappa shape index (κ2) is 6.26. The number of carbonyl (C=O) groups is 1. The van der Waals surface area contributed by atoms with Crippen molar-refractivity contribution in [3.05, 3.63) is 71.4 Å². The van der Waals surface area contributed by atoms with Gasteiger partial charge in [0.15, 0.2) is 5.78 Å². The Morgan fingerprint density at radius 1 is 1.13 bits per heavy atom. The maximum absolute atomic E-state index is 12.4. The lowest BCUT2D eigenvalue weighted by molar-refractivity contribution is -0.667. The molecule has 0 fully saturated rings. The highest BCUT2D eigenvalue weighted by Crippen LogP contribution is 2.22. The molecule has 2 N–H and O–H groups in total. The number of nitrogens with two attached hydrogens (primary N) is 1. The summed E-state index contributed by atoms with van der Waals surface area (Å²) in [6.07, 6.45) is 1.89. The van der Waals surface area contributed by atoms with Gasteiger partial charge in [0.05, 0.1) is 7.05 Å². The molecule has 3 rings (SSSR count). The Labute approximate surface area is 139 Å². The Kier molecular flexibility index (Phi) is 4.17. The largest absolute Gasteiger partial charge is 0.355 e. The minimum Gasteiger partial charge on any atom is -0.291 e. The van der Waals surface area contributed by atoms with Crippen molar-refractivity contribution in [1.29, 1.82) is 0 Å². The number of nitrogens with zero attached hydrogens (tertiary/aromatic N) is 2. The van der Waals surface area contributed by atoms with Gasteiger partial charge in [-0.05, 0) is 24.3 Å². The van der Waals surface area contributed by atoms with Crippen molar-refractivity contribution < 1.29 is 9.36 Å². The van der Waals surface area contributed by atoms with Gasteiger partial charge in [0.25, 0.3) is 0 Å². The highest BCUT2D eigenvalue weighted by molar-refractivity contribution is 6.30. The van der Waals surface area contributed by atoms with Crippen molar-refractivity contribution in [2.75, 3.05) is 5.73 Å². The summed E-state index contributed by atoms with van der Waals surface area (Å²) in [5.41, 5.74) is 8.75. The van der Waals surface area contributed by atoms with Crippen LogP contribution in [0.15, 0.2) is 60.8 Å². The number of Topliss-reactive ketones (excluding diaryl/α,β-unsaturated/α-hetero) is 1. The minimum atomic E-state index is 0.0237. The third-order valence-electron chi connectivity index (χ3n) is 3.83. The highest BCUT2D eigenvalue weighted by Gasteiger charge is 2.20. The predicted octanol–water partition coefficient (Wildman–Crippen LogP) is 3.10. The third kappa shape index (κ3) is 3.12. The summed E-state index contributed by atoms with van der Waals surface area (Å²) in [6, 6.07) is 16.7. The molecule has 3 aromatic rings. The van der Waals surface area contributed by atoms with Crippen molar-refractivity contribution >= 4 is 23.3 Å². The van der Waals surface area contributed by atoms with Crippen LogP contribution in [0, 0.1) is 0 Å². The van der Waals surface area contributed by atoms with E-state index in [9.17, 15) is 4.79 Å². The van der Waals surface area contributed by atoms with Gasteiger partial charge in [0, 0.05) is 16.1 Å². The van der Waals surface area contributed by atoms with E-state index in [1.54, 1.807) is 4.57 Å². The quantitative estimate of drug-likeness (QED) is 0.591. The molecule has 5 heteroatoms. The number of imidazole rings is 1. The molecule has 1 aromatic heterocycles. The van der Waals surface area contributed by atoms with Gasteiger partial charge in [-0.15, -0.1) is 0 Å². The first-order chi connectivity index (χ1) is 11.1. The smallest absolute Gasteiger partial charge is 0.291 e. The normalized spacial score (nSPS) is 10.7. The molecular formula is C18H17ClN3O+. The van der Waals surface area contributed by atoms with Crippen molar-refractivity contribution in [1.82, 2.24) is 4.57 Å². The fourth-order valence-corrected chi connectivity index (χ4v) is 2.63. The van der Waals surface area contributed by atoms with Crippen LogP contribution in [0.3, 0.4) is 0 Å². The molecule has 0 aliphatic carbocycles. The number of halogens is 1. The molecule has 0 radical (unpaired) electrons. The average molecular weight is 327 g/mol. The lowest BCUT2D eigenvalue weighted by Gasteiger charge is -2.00. The van der Waals surface area contributed by atoms with Gasteiger partial charge in [-0.2, -0.15) is 0 Å². The number of benzene rings is 2. The number of anilines is 1. The fourth-order valence-electron chi connectivity index (χ4n) is 2.50. The molecule has 0 amide bonds. The molecule has 2 aromatic carbocycles. The number of carbonyl (C=O) groups excluding carboxylic acids is 1. The van der Waals surface area contributed by atoms with Crippen LogP contribution in [0.4, 0.5) is 5.95 Å². The summed E-state index contributed by atoms with van der Waals surface area (Å²) in [7, 11) is 1.88. The molecular weight excluding hydrogens is 310 g/mol. The second-order valence-corrected chi connectivity index (χ2v) is 5.79. The Hall–Kier alpha value is -2.59. The topological polar surface area (TPSA) is 51.9 Å². The Morgan fingerprint density at radius 3 is 2.43 bits per heavy atom. The summed E-state index contributed by atoms with van der Waals surface area (Å²) in [5, 5.41) is 0.683. The zero-order chi connectivity index (χ0) is 16.4. The van der Waals surface area contributed by atoms with Gasteiger partial charge in [-0.1, -0.05) is 41.9 Å². The monoisotopic (exact) mass is 326 g/mol. The number of rotatable bonds is 4. The van der Waals surface area contributed by atoms with Crippen molar-refractivity contribution in [3.63, 3.8) is 0 Å². The van der Waals surface area contributed by atoms with Gasteiger partial charge in [-0.3, -0.25) is 10.5 Å². The number of hydrogen-bond acceptors (Lipinski definition) is 2. The van der Waals surface area contributed by atoms with E-state index in [0.717, 1.165) is 11.3 Å². The van der Waals surface area contributed by atoms with E-state index < -0.39 is 0 Å². The molecule has 4 nitrogen and oxygen atoms in total. The highest BCUT2D eigenvalue weighted by atomic mass is 35.5. The van der Waals surface area contributed by atoms with Crippen molar-refractivity contribution in [3.8, 4) is 11.3 Å². The summed E-state index contributed by atoms with van der Waals surface area (Å²) in [5.74, 6) is 0.551. The van der Waals surface area contributed by atoms with Crippen LogP contribution < -0.4 is 10.3 Å². The molecule has 23 heavy (non-hydrogen) atoms. The maximum Gasteiger partial charge on any atom is 0.355 e. The van der Waals surface area contributed by atoms with Gasteiger partial charge in [0.1, 0.15) is 18.4 Å². The maximum atomic E-state index is 12.4. The molecule has 0 aliphatic rings. The Bertz CT molecular complexity index is 839. The lowest BCUT2D eigenvalue weighted by atomic mass is 10.1. The molecule has 0 saturated carbocycles. The number of ketones is 1. The molecule has 0 aliphatic heterocycles. The predicted molar refractivity (Wildman–Crippen MR) is 91.2 cm³/mol. The molecule has 0 unspecified atom stereocenters. The Morgan fingerprint density at radius 2 is 1.78 bits per heavy atom. The van der Waals surface area contributed by atoms with Gasteiger partial charge in [0.2, 0.25) is 0 Å². The van der Waals surface area contributed by atoms with E-state index in [0.29, 0.717) is 16.5 Å². The molecule has 0 bridgehead atoms. The first-order valence-corrected chi connectivity index (χ1v) is 7.63. The van der Waals surface area contributed by atoms with Crippen LogP contribution in [0.25, 0.3) is 11.3 Å². The van der Waals surface area contributed by atoms with Crippen LogP contribution in [0.5, 0.6) is 0 Å². The van der Waals surface area contributed by atoms with E-state index in [1.165, 1.54) is 0 Å². The second-order valence-electron chi connectivity index (χ2n) is 5.36. The first kappa shape index (κ1) is 15.3. The fraction of sp³-hybridized carbons (Fsp3) is 0.111. The van der Waals surface area contributed by atoms with Crippen LogP contribution in [-0.4, -0.2) is 10.4 Å². The number of aromatic nitrogens is 2. The Balaban J connectivity index is 1.91. The number of nitrogen functional groups attached to an aromatic ring is 1. The van der Waals surface area contributed by atoms with E-state index >= 15 is 0 Å². The summed E-state index contributed by atoms with van der Waals surface area (Å²) < 4.78 is 3.63. The minimum absolute atomic E-state index is 0.0237. The lowest BCUT2D eigenvalue weighted by Crippen LogP contribution is -2.39. The molecule has 0 saturated heterocycles. The van der Waals surface area contributed by atoms with Crippen LogP contribution in [0.2, 0.25) is 5.02 Å². The zero-order valence-corrected chi connectivity index (χ0v) is 13.5. The van der Waals surface area contributed by atoms with Gasteiger partial charge >= 0.3 is 5.95 Å². The third-order valence-corrected chi connectivity index (χ3v) is 4.08. The summed E-state index contributed by atoms with van der Waals surface area (Å²) in [4.78, 5) is 12.4. The van der Waals surface area contributed by atoms with Crippen LogP contribution in [-0.2, 0) is 13.6 Å².